The number of carboxylic acid groups (broad SMARTS) is 1. The molecule has 0 bridgehead atoms. The van der Waals surface area contributed by atoms with Crippen molar-refractivity contribution in [1.82, 2.24) is 0 Å². The summed E-state index contributed by atoms with van der Waals surface area (Å²) in [6.07, 6.45) is -1.06. The molecule has 6 heteroatoms. The van der Waals surface area contributed by atoms with Crippen LogP contribution in [-0.4, -0.2) is 21.1 Å². The summed E-state index contributed by atoms with van der Waals surface area (Å²) >= 11 is 0. The first-order valence-corrected chi connectivity index (χ1v) is 4.13. The fraction of sp³-hybridized carbons (Fsp3) is 0.222. The summed E-state index contributed by atoms with van der Waals surface area (Å²) < 4.78 is 0. The minimum Gasteiger partial charge on any atom is -0.478 e. The van der Waals surface area contributed by atoms with Crippen molar-refractivity contribution in [1.29, 1.82) is 0 Å². The van der Waals surface area contributed by atoms with E-state index in [4.69, 9.17) is 5.11 Å². The lowest BCUT2D eigenvalue weighted by molar-refractivity contribution is -0.385. The van der Waals surface area contributed by atoms with E-state index in [1.54, 1.807) is 0 Å². The summed E-state index contributed by atoms with van der Waals surface area (Å²) in [5.74, 6) is -1.22. The van der Waals surface area contributed by atoms with Crippen molar-refractivity contribution in [2.75, 3.05) is 0 Å². The molecule has 0 amide bonds. The van der Waals surface area contributed by atoms with Crippen LogP contribution in [0.1, 0.15) is 28.9 Å². The van der Waals surface area contributed by atoms with E-state index >= 15 is 0 Å². The first kappa shape index (κ1) is 11.1. The van der Waals surface area contributed by atoms with Gasteiger partial charge in [-0.3, -0.25) is 10.1 Å². The highest BCUT2D eigenvalue weighted by atomic mass is 16.6. The molecule has 1 aromatic rings. The van der Waals surface area contributed by atoms with Crippen molar-refractivity contribution in [3.8, 4) is 0 Å². The average Bonchev–Trinajstić information content (AvgIpc) is 2.16. The molecule has 0 saturated carbocycles. The lowest BCUT2D eigenvalue weighted by Gasteiger charge is -2.07. The third-order valence-corrected chi connectivity index (χ3v) is 1.93. The van der Waals surface area contributed by atoms with Gasteiger partial charge in [0.2, 0.25) is 0 Å². The molecule has 6 nitrogen and oxygen atoms in total. The Balaban J connectivity index is 3.33. The molecule has 1 unspecified atom stereocenters. The van der Waals surface area contributed by atoms with Gasteiger partial charge < -0.3 is 10.2 Å². The van der Waals surface area contributed by atoms with Crippen LogP contribution in [0, 0.1) is 10.1 Å². The first-order valence-electron chi connectivity index (χ1n) is 4.13. The van der Waals surface area contributed by atoms with Gasteiger partial charge in [0.05, 0.1) is 16.6 Å². The molecule has 0 aliphatic rings. The van der Waals surface area contributed by atoms with Gasteiger partial charge in [-0.1, -0.05) is 0 Å². The van der Waals surface area contributed by atoms with Gasteiger partial charge in [0.1, 0.15) is 0 Å². The highest BCUT2D eigenvalue weighted by molar-refractivity contribution is 5.89. The largest absolute Gasteiger partial charge is 0.478 e. The number of hydrogen-bond acceptors (Lipinski definition) is 4. The average molecular weight is 211 g/mol. The van der Waals surface area contributed by atoms with E-state index in [0.717, 1.165) is 18.2 Å². The predicted octanol–water partition coefficient (Wildman–Crippen LogP) is 1.35. The number of aliphatic hydroxyl groups is 1. The molecule has 1 aromatic carbocycles. The van der Waals surface area contributed by atoms with Gasteiger partial charge in [0, 0.05) is 17.7 Å². The van der Waals surface area contributed by atoms with Gasteiger partial charge in [0.25, 0.3) is 5.69 Å². The maximum atomic E-state index is 10.7. The number of aromatic carboxylic acids is 1. The van der Waals surface area contributed by atoms with E-state index in [1.165, 1.54) is 6.92 Å². The van der Waals surface area contributed by atoms with Crippen LogP contribution < -0.4 is 0 Å². The summed E-state index contributed by atoms with van der Waals surface area (Å²) in [5, 5.41) is 28.5. The minimum absolute atomic E-state index is 0.0386. The number of benzene rings is 1. The fourth-order valence-electron chi connectivity index (χ4n) is 1.20. The summed E-state index contributed by atoms with van der Waals surface area (Å²) in [5.41, 5.74) is -0.330. The molecule has 15 heavy (non-hydrogen) atoms. The summed E-state index contributed by atoms with van der Waals surface area (Å²) in [6, 6.07) is 3.27. The molecule has 1 rings (SSSR count). The second-order valence-electron chi connectivity index (χ2n) is 3.01. The molecule has 0 aromatic heterocycles. The molecule has 0 fully saturated rings. The van der Waals surface area contributed by atoms with E-state index in [1.807, 2.05) is 0 Å². The predicted molar refractivity (Wildman–Crippen MR) is 50.7 cm³/mol. The van der Waals surface area contributed by atoms with Crippen molar-refractivity contribution in [3.63, 3.8) is 0 Å². The minimum atomic E-state index is -1.22. The van der Waals surface area contributed by atoms with Gasteiger partial charge in [-0.2, -0.15) is 0 Å². The van der Waals surface area contributed by atoms with Gasteiger partial charge >= 0.3 is 5.97 Å². The van der Waals surface area contributed by atoms with Crippen molar-refractivity contribution in [3.05, 3.63) is 39.4 Å². The van der Waals surface area contributed by atoms with E-state index in [2.05, 4.69) is 0 Å². The molecule has 0 spiro atoms. The molecule has 1 atom stereocenters. The van der Waals surface area contributed by atoms with Gasteiger partial charge in [-0.25, -0.2) is 4.79 Å². The van der Waals surface area contributed by atoms with E-state index in [9.17, 15) is 20.0 Å². The lowest BCUT2D eigenvalue weighted by Crippen LogP contribution is -2.05. The van der Waals surface area contributed by atoms with Crippen LogP contribution in [-0.2, 0) is 0 Å². The Morgan fingerprint density at radius 2 is 2.13 bits per heavy atom. The zero-order chi connectivity index (χ0) is 11.6. The van der Waals surface area contributed by atoms with Crippen LogP contribution in [0.15, 0.2) is 18.2 Å². The third kappa shape index (κ3) is 2.29. The number of aliphatic hydroxyl groups excluding tert-OH is 1. The molecule has 80 valence electrons. The summed E-state index contributed by atoms with van der Waals surface area (Å²) in [4.78, 5) is 20.5. The smallest absolute Gasteiger partial charge is 0.336 e. The first-order chi connectivity index (χ1) is 6.93. The second-order valence-corrected chi connectivity index (χ2v) is 3.01. The molecule has 0 aliphatic heterocycles. The van der Waals surface area contributed by atoms with Gasteiger partial charge in [-0.05, 0) is 13.0 Å². The zero-order valence-corrected chi connectivity index (χ0v) is 7.88. The van der Waals surface area contributed by atoms with Crippen molar-refractivity contribution in [2.45, 2.75) is 13.0 Å². The number of non-ortho nitro benzene ring substituents is 1. The molecule has 0 heterocycles. The van der Waals surface area contributed by atoms with Crippen molar-refractivity contribution >= 4 is 11.7 Å². The van der Waals surface area contributed by atoms with Crippen molar-refractivity contribution in [2.24, 2.45) is 0 Å². The van der Waals surface area contributed by atoms with Crippen LogP contribution in [0.25, 0.3) is 0 Å². The van der Waals surface area contributed by atoms with Crippen LogP contribution >= 0.6 is 0 Å². The highest BCUT2D eigenvalue weighted by Crippen LogP contribution is 2.23. The number of nitrogens with zero attached hydrogens (tertiary/aromatic N) is 1. The Kier molecular flexibility index (Phi) is 3.01. The Hall–Kier alpha value is -1.95. The second kappa shape index (κ2) is 4.05. The third-order valence-electron chi connectivity index (χ3n) is 1.93. The maximum absolute atomic E-state index is 10.7. The number of hydrogen-bond donors (Lipinski definition) is 2. The molecule has 0 saturated heterocycles. The van der Waals surface area contributed by atoms with E-state index in [-0.39, 0.29) is 16.8 Å². The zero-order valence-electron chi connectivity index (χ0n) is 7.88. The Morgan fingerprint density at radius 3 is 2.53 bits per heavy atom. The number of carboxylic acids is 1. The Morgan fingerprint density at radius 1 is 1.53 bits per heavy atom. The number of rotatable bonds is 3. The molecule has 2 N–H and O–H groups in total. The van der Waals surface area contributed by atoms with Crippen molar-refractivity contribution < 1.29 is 19.9 Å². The molecular weight excluding hydrogens is 202 g/mol. The number of nitro groups is 1. The van der Waals surface area contributed by atoms with Gasteiger partial charge in [0.15, 0.2) is 0 Å². The molecular formula is C9H9NO5. The Labute approximate surface area is 84.9 Å². The summed E-state index contributed by atoms with van der Waals surface area (Å²) in [6.45, 7) is 1.35. The standard InChI is InChI=1S/C9H9NO5/c1-5(11)8-4-6(10(14)15)2-3-7(8)9(12)13/h2-5,11H,1H3,(H,12,13). The fourth-order valence-corrected chi connectivity index (χ4v) is 1.20. The lowest BCUT2D eigenvalue weighted by atomic mass is 10.0. The quantitative estimate of drug-likeness (QED) is 0.580. The van der Waals surface area contributed by atoms with E-state index in [0.29, 0.717) is 0 Å². The SMILES string of the molecule is CC(O)c1cc([N+](=O)[O-])ccc1C(=O)O. The number of nitro benzene ring substituents is 1. The monoisotopic (exact) mass is 211 g/mol. The Bertz CT molecular complexity index is 413. The highest BCUT2D eigenvalue weighted by Gasteiger charge is 2.17. The number of carbonyl (C=O) groups is 1. The molecule has 0 radical (unpaired) electrons. The summed E-state index contributed by atoms with van der Waals surface area (Å²) in [7, 11) is 0. The van der Waals surface area contributed by atoms with Gasteiger partial charge in [-0.15, -0.1) is 0 Å². The van der Waals surface area contributed by atoms with Crippen LogP contribution in [0.2, 0.25) is 0 Å². The van der Waals surface area contributed by atoms with E-state index < -0.39 is 17.0 Å². The van der Waals surface area contributed by atoms with Crippen LogP contribution in [0.4, 0.5) is 5.69 Å². The normalized spacial score (nSPS) is 12.1. The topological polar surface area (TPSA) is 101 Å². The van der Waals surface area contributed by atoms with Crippen LogP contribution in [0.3, 0.4) is 0 Å². The maximum Gasteiger partial charge on any atom is 0.336 e. The van der Waals surface area contributed by atoms with Crippen LogP contribution in [0.5, 0.6) is 0 Å². The molecule has 0 aliphatic carbocycles.